The van der Waals surface area contributed by atoms with Crippen LogP contribution in [0.15, 0.2) is 41.8 Å². The number of benzene rings is 1. The van der Waals surface area contributed by atoms with Crippen molar-refractivity contribution >= 4 is 11.3 Å². The Labute approximate surface area is 125 Å². The molecule has 2 aromatic rings. The van der Waals surface area contributed by atoms with Crippen molar-refractivity contribution in [2.24, 2.45) is 5.73 Å². The van der Waals surface area contributed by atoms with Crippen LogP contribution in [0, 0.1) is 0 Å². The first-order chi connectivity index (χ1) is 9.81. The number of nitrogens with two attached hydrogens (primary N) is 1. The smallest absolute Gasteiger partial charge is 0.0245 e. The molecule has 0 amide bonds. The number of hydrogen-bond acceptors (Lipinski definition) is 3. The van der Waals surface area contributed by atoms with Crippen molar-refractivity contribution in [3.8, 4) is 0 Å². The van der Waals surface area contributed by atoms with Gasteiger partial charge in [0, 0.05) is 30.6 Å². The molecule has 0 spiro atoms. The minimum Gasteiger partial charge on any atom is -0.327 e. The van der Waals surface area contributed by atoms with Crippen LogP contribution in [-0.2, 0) is 19.4 Å². The van der Waals surface area contributed by atoms with Crippen LogP contribution in [0.2, 0.25) is 0 Å². The van der Waals surface area contributed by atoms with E-state index in [0.29, 0.717) is 0 Å². The molecule has 3 heteroatoms. The molecule has 2 N–H and O–H groups in total. The molecule has 0 saturated heterocycles. The molecular weight excluding hydrogens is 264 g/mol. The van der Waals surface area contributed by atoms with Gasteiger partial charge in [0.25, 0.3) is 0 Å². The lowest BCUT2D eigenvalue weighted by Gasteiger charge is -2.29. The summed E-state index contributed by atoms with van der Waals surface area (Å²) < 4.78 is 0. The van der Waals surface area contributed by atoms with Crippen LogP contribution in [0.25, 0.3) is 0 Å². The van der Waals surface area contributed by atoms with Crippen LogP contribution in [0.5, 0.6) is 0 Å². The van der Waals surface area contributed by atoms with Gasteiger partial charge in [0.15, 0.2) is 0 Å². The highest BCUT2D eigenvalue weighted by Gasteiger charge is 2.18. The van der Waals surface area contributed by atoms with Crippen LogP contribution in [0.3, 0.4) is 0 Å². The number of aryl methyl sites for hydroxylation is 1. The van der Waals surface area contributed by atoms with E-state index in [1.54, 1.807) is 4.88 Å². The fraction of sp³-hybridized carbons (Fsp3) is 0.412. The lowest BCUT2D eigenvalue weighted by Crippen LogP contribution is -2.40. The molecule has 106 valence electrons. The first-order valence-electron chi connectivity index (χ1n) is 7.38. The summed E-state index contributed by atoms with van der Waals surface area (Å²) in [6.45, 7) is 3.26. The van der Waals surface area contributed by atoms with E-state index < -0.39 is 0 Å². The number of hydrogen-bond donors (Lipinski definition) is 1. The second kappa shape index (κ2) is 6.53. The zero-order valence-corrected chi connectivity index (χ0v) is 12.6. The van der Waals surface area contributed by atoms with Gasteiger partial charge in [0.2, 0.25) is 0 Å². The van der Waals surface area contributed by atoms with E-state index in [-0.39, 0.29) is 6.04 Å². The van der Waals surface area contributed by atoms with Crippen molar-refractivity contribution in [1.82, 2.24) is 4.90 Å². The summed E-state index contributed by atoms with van der Waals surface area (Å²) in [5.74, 6) is 0. The molecule has 1 atom stereocenters. The Hall–Kier alpha value is -1.16. The third kappa shape index (κ3) is 3.48. The summed E-state index contributed by atoms with van der Waals surface area (Å²) in [6.07, 6.45) is 3.34. The van der Waals surface area contributed by atoms with Crippen molar-refractivity contribution in [2.75, 3.05) is 13.1 Å². The van der Waals surface area contributed by atoms with Crippen LogP contribution in [0.4, 0.5) is 0 Å². The zero-order valence-electron chi connectivity index (χ0n) is 11.8. The monoisotopic (exact) mass is 286 g/mol. The molecule has 0 aliphatic carbocycles. The summed E-state index contributed by atoms with van der Waals surface area (Å²) >= 11 is 1.90. The van der Waals surface area contributed by atoms with Crippen LogP contribution < -0.4 is 5.73 Å². The lowest BCUT2D eigenvalue weighted by molar-refractivity contribution is 0.236. The Morgan fingerprint density at radius 2 is 2.05 bits per heavy atom. The molecule has 0 saturated carbocycles. The van der Waals surface area contributed by atoms with Crippen molar-refractivity contribution in [1.29, 1.82) is 0 Å². The molecule has 0 fully saturated rings. The Kier molecular flexibility index (Phi) is 4.51. The molecule has 1 unspecified atom stereocenters. The number of thiophene rings is 1. The fourth-order valence-electron chi connectivity index (χ4n) is 2.88. The molecule has 1 aliphatic heterocycles. The average Bonchev–Trinajstić information content (AvgIpc) is 2.94. The van der Waals surface area contributed by atoms with Gasteiger partial charge in [-0.3, -0.25) is 4.90 Å². The maximum Gasteiger partial charge on any atom is 0.0245 e. The largest absolute Gasteiger partial charge is 0.327 e. The second-order valence-electron chi connectivity index (χ2n) is 5.64. The Balaban J connectivity index is 1.46. The quantitative estimate of drug-likeness (QED) is 0.915. The van der Waals surface area contributed by atoms with Crippen molar-refractivity contribution in [2.45, 2.75) is 31.8 Å². The number of rotatable bonds is 5. The first kappa shape index (κ1) is 13.8. The summed E-state index contributed by atoms with van der Waals surface area (Å²) in [5.41, 5.74) is 9.21. The van der Waals surface area contributed by atoms with E-state index in [2.05, 4.69) is 46.7 Å². The molecular formula is C17H22N2S. The third-order valence-corrected chi connectivity index (χ3v) is 5.05. The molecule has 3 rings (SSSR count). The fourth-order valence-corrected chi connectivity index (χ4v) is 3.77. The van der Waals surface area contributed by atoms with Crippen molar-refractivity contribution < 1.29 is 0 Å². The number of fused-ring (bicyclic) bond motifs is 1. The van der Waals surface area contributed by atoms with Gasteiger partial charge in [-0.1, -0.05) is 30.3 Å². The summed E-state index contributed by atoms with van der Waals surface area (Å²) in [6, 6.07) is 13.2. The molecule has 1 aromatic carbocycles. The van der Waals surface area contributed by atoms with E-state index in [9.17, 15) is 0 Å². The highest BCUT2D eigenvalue weighted by Crippen LogP contribution is 2.24. The minimum atomic E-state index is 0.274. The number of nitrogens with zero attached hydrogens (tertiary/aromatic N) is 1. The molecule has 2 heterocycles. The molecule has 2 nitrogen and oxygen atoms in total. The van der Waals surface area contributed by atoms with E-state index in [1.807, 2.05) is 11.3 Å². The predicted octanol–water partition coefficient (Wildman–Crippen LogP) is 3.07. The molecule has 20 heavy (non-hydrogen) atoms. The van der Waals surface area contributed by atoms with Gasteiger partial charge < -0.3 is 5.73 Å². The average molecular weight is 286 g/mol. The Morgan fingerprint density at radius 1 is 1.20 bits per heavy atom. The second-order valence-corrected chi connectivity index (χ2v) is 6.64. The van der Waals surface area contributed by atoms with Gasteiger partial charge in [-0.2, -0.15) is 0 Å². The van der Waals surface area contributed by atoms with Crippen LogP contribution in [0.1, 0.15) is 22.4 Å². The van der Waals surface area contributed by atoms with Gasteiger partial charge in [-0.15, -0.1) is 11.3 Å². The molecule has 1 aromatic heterocycles. The molecule has 1 aliphatic rings. The van der Waals surface area contributed by atoms with Gasteiger partial charge in [0.05, 0.1) is 0 Å². The Morgan fingerprint density at radius 3 is 2.90 bits per heavy atom. The molecule has 0 radical (unpaired) electrons. The lowest BCUT2D eigenvalue weighted by atomic mass is 10.0. The van der Waals surface area contributed by atoms with E-state index in [0.717, 1.165) is 32.5 Å². The maximum absolute atomic E-state index is 6.31. The minimum absolute atomic E-state index is 0.274. The first-order valence-corrected chi connectivity index (χ1v) is 8.26. The summed E-state index contributed by atoms with van der Waals surface area (Å²) in [7, 11) is 0. The van der Waals surface area contributed by atoms with Crippen molar-refractivity contribution in [3.05, 3.63) is 57.8 Å². The van der Waals surface area contributed by atoms with Crippen molar-refractivity contribution in [3.63, 3.8) is 0 Å². The SMILES string of the molecule is NC(CCc1ccccc1)CN1CCc2sccc2C1. The standard InChI is InChI=1S/C17H22N2S/c18-16(7-6-14-4-2-1-3-5-14)13-19-10-8-17-15(12-19)9-11-20-17/h1-5,9,11,16H,6-8,10,12-13,18H2. The maximum atomic E-state index is 6.31. The van der Waals surface area contributed by atoms with Crippen LogP contribution in [-0.4, -0.2) is 24.0 Å². The van der Waals surface area contributed by atoms with E-state index >= 15 is 0 Å². The van der Waals surface area contributed by atoms with Gasteiger partial charge >= 0.3 is 0 Å². The predicted molar refractivity (Wildman–Crippen MR) is 86.0 cm³/mol. The summed E-state index contributed by atoms with van der Waals surface area (Å²) in [4.78, 5) is 4.07. The Bertz CT molecular complexity index is 535. The van der Waals surface area contributed by atoms with Gasteiger partial charge in [-0.25, -0.2) is 0 Å². The van der Waals surface area contributed by atoms with E-state index in [4.69, 9.17) is 5.73 Å². The normalized spacial score (nSPS) is 16.9. The highest BCUT2D eigenvalue weighted by molar-refractivity contribution is 7.10. The molecule has 0 bridgehead atoms. The summed E-state index contributed by atoms with van der Waals surface area (Å²) in [5, 5.41) is 2.21. The van der Waals surface area contributed by atoms with Gasteiger partial charge in [-0.05, 0) is 41.8 Å². The van der Waals surface area contributed by atoms with Crippen LogP contribution >= 0.6 is 11.3 Å². The van der Waals surface area contributed by atoms with Gasteiger partial charge in [0.1, 0.15) is 0 Å². The topological polar surface area (TPSA) is 29.3 Å². The highest BCUT2D eigenvalue weighted by atomic mass is 32.1. The zero-order chi connectivity index (χ0) is 13.8. The third-order valence-electron chi connectivity index (χ3n) is 4.03. The van der Waals surface area contributed by atoms with E-state index in [1.165, 1.54) is 17.5 Å².